The Bertz CT molecular complexity index is 778. The number of likely N-dealkylation sites (tertiary alicyclic amines) is 1. The van der Waals surface area contributed by atoms with E-state index >= 15 is 0 Å². The molecule has 1 aromatic heterocycles. The second kappa shape index (κ2) is 8.68. The summed E-state index contributed by atoms with van der Waals surface area (Å²) in [6, 6.07) is 7.56. The molecule has 8 heteroatoms. The van der Waals surface area contributed by atoms with Crippen LogP contribution in [0, 0.1) is 5.92 Å². The van der Waals surface area contributed by atoms with Gasteiger partial charge in [-0.25, -0.2) is 9.78 Å². The van der Waals surface area contributed by atoms with Crippen LogP contribution in [0.4, 0.5) is 4.79 Å². The molecule has 1 saturated heterocycles. The molecule has 2 amide bonds. The number of hydrogen-bond donors (Lipinski definition) is 2. The topological polar surface area (TPSA) is 96.7 Å². The number of hydrogen-bond acceptors (Lipinski definition) is 5. The normalized spacial score (nSPS) is 19.6. The minimum atomic E-state index is -0.734. The molecule has 2 unspecified atom stereocenters. The molecule has 2 heterocycles. The van der Waals surface area contributed by atoms with E-state index in [2.05, 4.69) is 10.3 Å². The first-order chi connectivity index (χ1) is 13.1. The van der Waals surface area contributed by atoms with Crippen LogP contribution in [-0.4, -0.2) is 57.9 Å². The van der Waals surface area contributed by atoms with E-state index in [0.29, 0.717) is 19.5 Å². The van der Waals surface area contributed by atoms with Crippen molar-refractivity contribution in [1.29, 1.82) is 0 Å². The Morgan fingerprint density at radius 1 is 1.30 bits per heavy atom. The van der Waals surface area contributed by atoms with Gasteiger partial charge in [0.05, 0.1) is 25.5 Å². The Morgan fingerprint density at radius 2 is 2.07 bits per heavy atom. The zero-order chi connectivity index (χ0) is 19.2. The number of ether oxygens (including phenoxy) is 1. The Balaban J connectivity index is 1.61. The van der Waals surface area contributed by atoms with Gasteiger partial charge in [0.1, 0.15) is 0 Å². The number of β-amino-alcohol motifs (C(OH)–C–C–N with tert-alkyl or cyclic N) is 1. The van der Waals surface area contributed by atoms with Gasteiger partial charge in [0.25, 0.3) is 0 Å². The van der Waals surface area contributed by atoms with Crippen molar-refractivity contribution in [3.8, 4) is 0 Å². The average molecular weight is 372 g/mol. The molecule has 0 spiro atoms. The van der Waals surface area contributed by atoms with E-state index in [1.54, 1.807) is 12.5 Å². The second-order valence-electron chi connectivity index (χ2n) is 6.68. The van der Waals surface area contributed by atoms with E-state index in [1.165, 1.54) is 12.0 Å². The number of carbonyl (C=O) groups is 2. The molecule has 2 atom stereocenters. The van der Waals surface area contributed by atoms with E-state index in [4.69, 9.17) is 4.74 Å². The number of aliphatic hydroxyl groups is 1. The number of benzene rings is 1. The summed E-state index contributed by atoms with van der Waals surface area (Å²) in [6.45, 7) is 1.47. The van der Waals surface area contributed by atoms with Gasteiger partial charge in [-0.15, -0.1) is 0 Å². The maximum Gasteiger partial charge on any atom is 0.317 e. The number of nitrogens with one attached hydrogen (secondary N) is 1. The van der Waals surface area contributed by atoms with Crippen molar-refractivity contribution in [2.45, 2.75) is 25.6 Å². The van der Waals surface area contributed by atoms with E-state index in [1.807, 2.05) is 35.0 Å². The number of amides is 2. The van der Waals surface area contributed by atoms with Crippen molar-refractivity contribution in [2.24, 2.45) is 5.92 Å². The Labute approximate surface area is 157 Å². The third kappa shape index (κ3) is 4.85. The fraction of sp³-hybridized carbons (Fsp3) is 0.421. The molecule has 144 valence electrons. The summed E-state index contributed by atoms with van der Waals surface area (Å²) in [7, 11) is 1.31. The Kier molecular flexibility index (Phi) is 6.08. The molecule has 3 rings (SSSR count). The lowest BCUT2D eigenvalue weighted by Crippen LogP contribution is -2.51. The molecule has 0 aliphatic carbocycles. The molecule has 1 aliphatic heterocycles. The van der Waals surface area contributed by atoms with Gasteiger partial charge in [-0.05, 0) is 17.5 Å². The van der Waals surface area contributed by atoms with Crippen LogP contribution < -0.4 is 5.32 Å². The summed E-state index contributed by atoms with van der Waals surface area (Å²) in [5, 5.41) is 12.9. The number of methoxy groups -OCH3 is 1. The number of carbonyl (C=O) groups excluding carboxylic acids is 2. The number of piperidine rings is 1. The fourth-order valence-electron chi connectivity index (χ4n) is 3.32. The molecule has 1 fully saturated rings. The van der Waals surface area contributed by atoms with Crippen molar-refractivity contribution >= 4 is 12.0 Å². The van der Waals surface area contributed by atoms with Gasteiger partial charge in [0.2, 0.25) is 0 Å². The standard InChI is InChI=1S/C19H24N4O4/c1-27-18(25)16-8-17(24)12-23(11-16)19(26)21-9-14-4-2-3-5-15(14)10-22-7-6-20-13-22/h2-7,13,16-17,24H,8-12H2,1H3,(H,21,26). The lowest BCUT2D eigenvalue weighted by atomic mass is 9.96. The van der Waals surface area contributed by atoms with Crippen LogP contribution in [0.5, 0.6) is 0 Å². The molecule has 0 bridgehead atoms. The molecule has 1 aromatic carbocycles. The predicted octanol–water partition coefficient (Wildman–Crippen LogP) is 0.997. The first-order valence-corrected chi connectivity index (χ1v) is 8.88. The van der Waals surface area contributed by atoms with Crippen LogP contribution in [0.2, 0.25) is 0 Å². The molecular formula is C19H24N4O4. The lowest BCUT2D eigenvalue weighted by Gasteiger charge is -2.34. The smallest absolute Gasteiger partial charge is 0.317 e. The molecule has 0 radical (unpaired) electrons. The minimum Gasteiger partial charge on any atom is -0.469 e. The SMILES string of the molecule is COC(=O)C1CC(O)CN(C(=O)NCc2ccccc2Cn2ccnc2)C1. The highest BCUT2D eigenvalue weighted by molar-refractivity contribution is 5.77. The highest BCUT2D eigenvalue weighted by Gasteiger charge is 2.33. The molecule has 2 aromatic rings. The molecular weight excluding hydrogens is 348 g/mol. The number of rotatable bonds is 5. The second-order valence-corrected chi connectivity index (χ2v) is 6.68. The van der Waals surface area contributed by atoms with Crippen molar-refractivity contribution < 1.29 is 19.4 Å². The summed E-state index contributed by atoms with van der Waals surface area (Å²) in [6.07, 6.45) is 4.94. The van der Waals surface area contributed by atoms with Gasteiger partial charge >= 0.3 is 12.0 Å². The average Bonchev–Trinajstić information content (AvgIpc) is 3.19. The van der Waals surface area contributed by atoms with E-state index < -0.39 is 18.0 Å². The molecule has 8 nitrogen and oxygen atoms in total. The van der Waals surface area contributed by atoms with Crippen LogP contribution in [0.15, 0.2) is 43.0 Å². The number of nitrogens with zero attached hydrogens (tertiary/aromatic N) is 3. The van der Waals surface area contributed by atoms with Gasteiger partial charge in [-0.2, -0.15) is 0 Å². The fourth-order valence-corrected chi connectivity index (χ4v) is 3.32. The van der Waals surface area contributed by atoms with Crippen LogP contribution in [0.3, 0.4) is 0 Å². The van der Waals surface area contributed by atoms with E-state index in [0.717, 1.165) is 11.1 Å². The van der Waals surface area contributed by atoms with Gasteiger partial charge in [0.15, 0.2) is 0 Å². The number of esters is 1. The number of urea groups is 1. The third-order valence-corrected chi connectivity index (χ3v) is 4.71. The number of aliphatic hydroxyl groups excluding tert-OH is 1. The van der Waals surface area contributed by atoms with Crippen LogP contribution in [-0.2, 0) is 22.6 Å². The summed E-state index contributed by atoms with van der Waals surface area (Å²) in [4.78, 5) is 29.8. The number of aromatic nitrogens is 2. The first kappa shape index (κ1) is 18.9. The summed E-state index contributed by atoms with van der Waals surface area (Å²) in [5.41, 5.74) is 2.09. The van der Waals surface area contributed by atoms with E-state index in [-0.39, 0.29) is 19.1 Å². The molecule has 2 N–H and O–H groups in total. The number of imidazole rings is 1. The van der Waals surface area contributed by atoms with Gasteiger partial charge in [-0.3, -0.25) is 4.79 Å². The quantitative estimate of drug-likeness (QED) is 0.763. The van der Waals surface area contributed by atoms with Crippen molar-refractivity contribution in [2.75, 3.05) is 20.2 Å². The van der Waals surface area contributed by atoms with Crippen molar-refractivity contribution in [3.05, 3.63) is 54.1 Å². The summed E-state index contributed by atoms with van der Waals surface area (Å²) < 4.78 is 6.71. The highest BCUT2D eigenvalue weighted by Crippen LogP contribution is 2.18. The highest BCUT2D eigenvalue weighted by atomic mass is 16.5. The Morgan fingerprint density at radius 3 is 2.78 bits per heavy atom. The molecule has 1 aliphatic rings. The molecule has 0 saturated carbocycles. The third-order valence-electron chi connectivity index (χ3n) is 4.71. The van der Waals surface area contributed by atoms with Crippen LogP contribution in [0.25, 0.3) is 0 Å². The van der Waals surface area contributed by atoms with Crippen LogP contribution in [0.1, 0.15) is 17.5 Å². The zero-order valence-corrected chi connectivity index (χ0v) is 15.2. The van der Waals surface area contributed by atoms with Crippen LogP contribution >= 0.6 is 0 Å². The lowest BCUT2D eigenvalue weighted by molar-refractivity contribution is -0.148. The van der Waals surface area contributed by atoms with Crippen molar-refractivity contribution in [1.82, 2.24) is 19.8 Å². The summed E-state index contributed by atoms with van der Waals surface area (Å²) in [5.74, 6) is -0.907. The Hall–Kier alpha value is -2.87. The summed E-state index contributed by atoms with van der Waals surface area (Å²) >= 11 is 0. The maximum atomic E-state index is 12.5. The van der Waals surface area contributed by atoms with Gasteiger partial charge < -0.3 is 24.6 Å². The zero-order valence-electron chi connectivity index (χ0n) is 15.2. The largest absolute Gasteiger partial charge is 0.469 e. The molecule has 27 heavy (non-hydrogen) atoms. The van der Waals surface area contributed by atoms with E-state index in [9.17, 15) is 14.7 Å². The van der Waals surface area contributed by atoms with Gasteiger partial charge in [0, 0.05) is 38.6 Å². The minimum absolute atomic E-state index is 0.204. The monoisotopic (exact) mass is 372 g/mol. The predicted molar refractivity (Wildman–Crippen MR) is 97.7 cm³/mol. The van der Waals surface area contributed by atoms with Crippen molar-refractivity contribution in [3.63, 3.8) is 0 Å². The van der Waals surface area contributed by atoms with Gasteiger partial charge in [-0.1, -0.05) is 24.3 Å². The first-order valence-electron chi connectivity index (χ1n) is 8.88. The maximum absolute atomic E-state index is 12.5.